The highest BCUT2D eigenvalue weighted by Gasteiger charge is 2.14. The fourth-order valence-electron chi connectivity index (χ4n) is 1.22. The largest absolute Gasteiger partial charge is 0.334 e. The number of hydrogen-bond donors (Lipinski definition) is 1. The van der Waals surface area contributed by atoms with Crippen molar-refractivity contribution in [1.82, 2.24) is 4.57 Å². The van der Waals surface area contributed by atoms with Crippen LogP contribution in [0.4, 0.5) is 5.69 Å². The lowest BCUT2D eigenvalue weighted by Gasteiger charge is -2.10. The molecule has 0 aliphatic carbocycles. The maximum absolute atomic E-state index is 11.5. The summed E-state index contributed by atoms with van der Waals surface area (Å²) >= 11 is 0. The second-order valence-corrected chi connectivity index (χ2v) is 3.45. The van der Waals surface area contributed by atoms with E-state index in [1.54, 1.807) is 0 Å². The van der Waals surface area contributed by atoms with Crippen molar-refractivity contribution in [3.05, 3.63) is 38.8 Å². The molecule has 0 saturated carbocycles. The molecule has 1 heterocycles. The second-order valence-electron chi connectivity index (χ2n) is 3.45. The molecule has 1 aromatic rings. The molecule has 0 aromatic carbocycles. The maximum atomic E-state index is 11.5. The predicted octanol–water partition coefficient (Wildman–Crippen LogP) is 0.351. The molecule has 0 saturated heterocycles. The fourth-order valence-corrected chi connectivity index (χ4v) is 1.22. The van der Waals surface area contributed by atoms with E-state index < -0.39 is 16.2 Å². The van der Waals surface area contributed by atoms with Crippen LogP contribution in [0.1, 0.15) is 6.92 Å². The molecule has 15 heavy (non-hydrogen) atoms. The van der Waals surface area contributed by atoms with Gasteiger partial charge in [0.05, 0.1) is 4.92 Å². The lowest BCUT2D eigenvalue weighted by molar-refractivity contribution is -0.386. The average Bonchev–Trinajstić information content (AvgIpc) is 2.20. The summed E-state index contributed by atoms with van der Waals surface area (Å²) < 4.78 is 1.32. The molecule has 0 radical (unpaired) electrons. The van der Waals surface area contributed by atoms with Crippen molar-refractivity contribution in [2.75, 3.05) is 6.54 Å². The van der Waals surface area contributed by atoms with E-state index in [0.717, 1.165) is 0 Å². The van der Waals surface area contributed by atoms with Gasteiger partial charge in [-0.3, -0.25) is 14.9 Å². The number of nitrogens with zero attached hydrogens (tertiary/aromatic N) is 2. The molecule has 6 heteroatoms. The maximum Gasteiger partial charge on any atom is 0.334 e. The van der Waals surface area contributed by atoms with Crippen LogP contribution in [0.2, 0.25) is 0 Å². The average molecular weight is 211 g/mol. The van der Waals surface area contributed by atoms with E-state index >= 15 is 0 Å². The van der Waals surface area contributed by atoms with Gasteiger partial charge in [0.2, 0.25) is 0 Å². The molecule has 1 unspecified atom stereocenters. The molecule has 1 rings (SSSR count). The van der Waals surface area contributed by atoms with E-state index in [1.165, 1.54) is 22.9 Å². The molecule has 6 nitrogen and oxygen atoms in total. The van der Waals surface area contributed by atoms with Crippen LogP contribution in [0.3, 0.4) is 0 Å². The van der Waals surface area contributed by atoms with E-state index in [9.17, 15) is 14.9 Å². The minimum absolute atomic E-state index is 0.115. The molecule has 1 aromatic heterocycles. The van der Waals surface area contributed by atoms with Crippen LogP contribution in [0.5, 0.6) is 0 Å². The number of pyridine rings is 1. The molecular weight excluding hydrogens is 198 g/mol. The minimum atomic E-state index is -0.675. The topological polar surface area (TPSA) is 91.2 Å². The van der Waals surface area contributed by atoms with E-state index in [-0.39, 0.29) is 5.92 Å². The van der Waals surface area contributed by atoms with Crippen LogP contribution in [0.15, 0.2) is 23.1 Å². The van der Waals surface area contributed by atoms with Crippen LogP contribution >= 0.6 is 0 Å². The minimum Gasteiger partial charge on any atom is -0.330 e. The first-order valence-electron chi connectivity index (χ1n) is 4.60. The summed E-state index contributed by atoms with van der Waals surface area (Å²) in [6, 6.07) is 2.69. The van der Waals surface area contributed by atoms with Gasteiger partial charge in [0.15, 0.2) is 0 Å². The van der Waals surface area contributed by atoms with Crippen molar-refractivity contribution in [3.8, 4) is 0 Å². The van der Waals surface area contributed by atoms with Gasteiger partial charge in [-0.15, -0.1) is 0 Å². The molecule has 1 atom stereocenters. The summed E-state index contributed by atoms with van der Waals surface area (Å²) in [5, 5.41) is 10.5. The number of nitro groups is 1. The van der Waals surface area contributed by atoms with Gasteiger partial charge in [-0.2, -0.15) is 0 Å². The van der Waals surface area contributed by atoms with Crippen LogP contribution < -0.4 is 11.3 Å². The highest BCUT2D eigenvalue weighted by atomic mass is 16.6. The Morgan fingerprint density at radius 2 is 2.33 bits per heavy atom. The summed E-state index contributed by atoms with van der Waals surface area (Å²) in [6.07, 6.45) is 1.53. The van der Waals surface area contributed by atoms with E-state index in [4.69, 9.17) is 5.73 Å². The molecule has 0 spiro atoms. The zero-order valence-electron chi connectivity index (χ0n) is 8.42. The Morgan fingerprint density at radius 1 is 1.67 bits per heavy atom. The Labute approximate surface area is 86.5 Å². The Hall–Kier alpha value is -1.69. The van der Waals surface area contributed by atoms with Gasteiger partial charge in [-0.05, 0) is 18.5 Å². The van der Waals surface area contributed by atoms with E-state index in [2.05, 4.69) is 0 Å². The van der Waals surface area contributed by atoms with Gasteiger partial charge in [0.25, 0.3) is 0 Å². The predicted molar refractivity (Wildman–Crippen MR) is 55.6 cm³/mol. The molecule has 82 valence electrons. The lowest BCUT2D eigenvalue weighted by atomic mass is 10.2. The molecule has 0 amide bonds. The molecule has 0 bridgehead atoms. The van der Waals surface area contributed by atoms with Gasteiger partial charge >= 0.3 is 11.2 Å². The number of rotatable bonds is 4. The summed E-state index contributed by atoms with van der Waals surface area (Å²) in [5.74, 6) is 0.115. The van der Waals surface area contributed by atoms with Gasteiger partial charge in [0.1, 0.15) is 0 Å². The molecular formula is C9H13N3O3. The standard InChI is InChI=1S/C9H13N3O3/c1-7(5-10)6-11-4-2-3-8(9(11)13)12(14)15/h2-4,7H,5-6,10H2,1H3. The van der Waals surface area contributed by atoms with Crippen LogP contribution in [0, 0.1) is 16.0 Å². The Morgan fingerprint density at radius 3 is 2.87 bits per heavy atom. The highest BCUT2D eigenvalue weighted by Crippen LogP contribution is 2.03. The van der Waals surface area contributed by atoms with E-state index in [1.807, 2.05) is 6.92 Å². The van der Waals surface area contributed by atoms with Crippen molar-refractivity contribution < 1.29 is 4.92 Å². The molecule has 0 aliphatic rings. The molecule has 2 N–H and O–H groups in total. The Bertz CT molecular complexity index is 413. The normalized spacial score (nSPS) is 12.4. The zero-order valence-corrected chi connectivity index (χ0v) is 8.42. The summed E-state index contributed by atoms with van der Waals surface area (Å²) in [6.45, 7) is 2.72. The van der Waals surface area contributed by atoms with E-state index in [0.29, 0.717) is 13.1 Å². The summed E-state index contributed by atoms with van der Waals surface area (Å²) in [7, 11) is 0. The van der Waals surface area contributed by atoms with Gasteiger partial charge in [-0.1, -0.05) is 6.92 Å². The van der Waals surface area contributed by atoms with Crippen molar-refractivity contribution in [3.63, 3.8) is 0 Å². The van der Waals surface area contributed by atoms with Crippen molar-refractivity contribution >= 4 is 5.69 Å². The van der Waals surface area contributed by atoms with Crippen LogP contribution in [-0.4, -0.2) is 16.0 Å². The first-order chi connectivity index (χ1) is 7.06. The van der Waals surface area contributed by atoms with Crippen LogP contribution in [0.25, 0.3) is 0 Å². The third kappa shape index (κ3) is 2.63. The van der Waals surface area contributed by atoms with Gasteiger partial charge in [0, 0.05) is 18.8 Å². The lowest BCUT2D eigenvalue weighted by Crippen LogP contribution is -2.27. The first kappa shape index (κ1) is 11.4. The SMILES string of the molecule is CC(CN)Cn1cccc([N+](=O)[O-])c1=O. The first-order valence-corrected chi connectivity index (χ1v) is 4.60. The third-order valence-corrected chi connectivity index (χ3v) is 2.11. The fraction of sp³-hybridized carbons (Fsp3) is 0.444. The molecule has 0 fully saturated rings. The van der Waals surface area contributed by atoms with Gasteiger partial charge in [-0.25, -0.2) is 0 Å². The quantitative estimate of drug-likeness (QED) is 0.574. The Kier molecular flexibility index (Phi) is 3.56. The van der Waals surface area contributed by atoms with Crippen LogP contribution in [-0.2, 0) is 6.54 Å². The number of hydrogen-bond acceptors (Lipinski definition) is 4. The summed E-state index contributed by atoms with van der Waals surface area (Å²) in [4.78, 5) is 21.4. The zero-order chi connectivity index (χ0) is 11.4. The smallest absolute Gasteiger partial charge is 0.330 e. The highest BCUT2D eigenvalue weighted by molar-refractivity contribution is 5.24. The van der Waals surface area contributed by atoms with Gasteiger partial charge < -0.3 is 10.3 Å². The van der Waals surface area contributed by atoms with Crippen molar-refractivity contribution in [2.45, 2.75) is 13.5 Å². The van der Waals surface area contributed by atoms with Crippen molar-refractivity contribution in [2.24, 2.45) is 11.7 Å². The number of aromatic nitrogens is 1. The second kappa shape index (κ2) is 4.70. The molecule has 0 aliphatic heterocycles. The monoisotopic (exact) mass is 211 g/mol. The third-order valence-electron chi connectivity index (χ3n) is 2.11. The van der Waals surface area contributed by atoms with Crippen molar-refractivity contribution in [1.29, 1.82) is 0 Å². The number of nitrogens with two attached hydrogens (primary N) is 1. The summed E-state index contributed by atoms with van der Waals surface area (Å²) in [5.41, 5.74) is 4.44. The Balaban J connectivity index is 3.05.